The predicted octanol–water partition coefficient (Wildman–Crippen LogP) is 4.66. The average molecular weight is 348 g/mol. The number of anilines is 2. The van der Waals surface area contributed by atoms with Gasteiger partial charge in [-0.05, 0) is 68.7 Å². The van der Waals surface area contributed by atoms with E-state index in [1.807, 2.05) is 32.9 Å². The molecule has 0 unspecified atom stereocenters. The van der Waals surface area contributed by atoms with Crippen molar-refractivity contribution in [1.29, 1.82) is 0 Å². The van der Waals surface area contributed by atoms with Crippen molar-refractivity contribution in [1.82, 2.24) is 0 Å². The lowest BCUT2D eigenvalue weighted by atomic mass is 10.1. The fourth-order valence-electron chi connectivity index (χ4n) is 2.08. The van der Waals surface area contributed by atoms with Crippen molar-refractivity contribution in [2.75, 3.05) is 17.2 Å². The van der Waals surface area contributed by atoms with Crippen LogP contribution in [0.1, 0.15) is 33.3 Å². The van der Waals surface area contributed by atoms with Gasteiger partial charge in [0.1, 0.15) is 4.88 Å². The average Bonchev–Trinajstić information content (AvgIpc) is 2.83. The van der Waals surface area contributed by atoms with E-state index in [0.29, 0.717) is 16.6 Å². The molecule has 0 amide bonds. The second-order valence-electron chi connectivity index (χ2n) is 5.24. The number of nitrogens with one attached hydrogen (secondary N) is 2. The highest BCUT2D eigenvalue weighted by atomic mass is 32.1. The van der Waals surface area contributed by atoms with Gasteiger partial charge in [-0.1, -0.05) is 12.1 Å². The first kappa shape index (κ1) is 17.4. The molecule has 0 aliphatic rings. The van der Waals surface area contributed by atoms with Crippen molar-refractivity contribution in [3.63, 3.8) is 0 Å². The van der Waals surface area contributed by atoms with E-state index < -0.39 is 0 Å². The maximum Gasteiger partial charge on any atom is 0.348 e. The topological polar surface area (TPSA) is 50.4 Å². The number of aryl methyl sites for hydroxylation is 3. The number of thiophene rings is 1. The van der Waals surface area contributed by atoms with E-state index in [-0.39, 0.29) is 5.97 Å². The Kier molecular flexibility index (Phi) is 5.74. The van der Waals surface area contributed by atoms with Crippen molar-refractivity contribution in [2.45, 2.75) is 27.7 Å². The summed E-state index contributed by atoms with van der Waals surface area (Å²) in [6.07, 6.45) is 0. The van der Waals surface area contributed by atoms with E-state index >= 15 is 0 Å². The minimum absolute atomic E-state index is 0.295. The third-order valence-corrected chi connectivity index (χ3v) is 4.59. The third kappa shape index (κ3) is 4.53. The summed E-state index contributed by atoms with van der Waals surface area (Å²) in [6.45, 7) is 8.11. The Morgan fingerprint density at radius 3 is 2.61 bits per heavy atom. The number of carbonyl (C=O) groups excluding carboxylic acids is 1. The molecule has 23 heavy (non-hydrogen) atoms. The number of benzene rings is 1. The van der Waals surface area contributed by atoms with Crippen LogP contribution in [0.15, 0.2) is 24.3 Å². The zero-order valence-electron chi connectivity index (χ0n) is 13.6. The first-order valence-electron chi connectivity index (χ1n) is 7.33. The molecule has 0 radical (unpaired) electrons. The van der Waals surface area contributed by atoms with Crippen LogP contribution < -0.4 is 10.6 Å². The number of hydrogen-bond acceptors (Lipinski definition) is 4. The summed E-state index contributed by atoms with van der Waals surface area (Å²) < 4.78 is 5.05. The van der Waals surface area contributed by atoms with Gasteiger partial charge in [-0.2, -0.15) is 0 Å². The molecule has 2 N–H and O–H groups in total. The summed E-state index contributed by atoms with van der Waals surface area (Å²) >= 11 is 6.70. The minimum atomic E-state index is -0.295. The Morgan fingerprint density at radius 1 is 1.17 bits per heavy atom. The van der Waals surface area contributed by atoms with E-state index in [0.717, 1.165) is 27.4 Å². The molecule has 0 saturated carbocycles. The first-order chi connectivity index (χ1) is 10.9. The molecule has 1 aromatic carbocycles. The van der Waals surface area contributed by atoms with Crippen LogP contribution in [0.5, 0.6) is 0 Å². The molecule has 0 fully saturated rings. The quantitative estimate of drug-likeness (QED) is 0.622. The lowest BCUT2D eigenvalue weighted by molar-refractivity contribution is 0.0531. The van der Waals surface area contributed by atoms with Crippen LogP contribution in [0, 0.1) is 20.8 Å². The van der Waals surface area contributed by atoms with Gasteiger partial charge in [0.05, 0.1) is 11.6 Å². The van der Waals surface area contributed by atoms with E-state index in [1.54, 1.807) is 6.92 Å². The molecule has 0 spiro atoms. The summed E-state index contributed by atoms with van der Waals surface area (Å²) in [5.74, 6) is -0.295. The monoisotopic (exact) mass is 348 g/mol. The molecular formula is C17H20N2O2S2. The second kappa shape index (κ2) is 7.57. The molecule has 0 bridgehead atoms. The largest absolute Gasteiger partial charge is 0.462 e. The third-order valence-electron chi connectivity index (χ3n) is 3.26. The summed E-state index contributed by atoms with van der Waals surface area (Å²) in [6, 6.07) is 8.06. The molecule has 0 atom stereocenters. The van der Waals surface area contributed by atoms with Crippen molar-refractivity contribution >= 4 is 45.3 Å². The zero-order chi connectivity index (χ0) is 17.0. The highest BCUT2D eigenvalue weighted by Gasteiger charge is 2.15. The molecule has 4 nitrogen and oxygen atoms in total. The number of esters is 1. The van der Waals surface area contributed by atoms with E-state index in [9.17, 15) is 4.79 Å². The highest BCUT2D eigenvalue weighted by Crippen LogP contribution is 2.27. The molecule has 0 aliphatic carbocycles. The van der Waals surface area contributed by atoms with Crippen molar-refractivity contribution in [3.8, 4) is 0 Å². The molecule has 0 saturated heterocycles. The van der Waals surface area contributed by atoms with Gasteiger partial charge < -0.3 is 15.4 Å². The minimum Gasteiger partial charge on any atom is -0.462 e. The summed E-state index contributed by atoms with van der Waals surface area (Å²) in [5.41, 5.74) is 4.14. The van der Waals surface area contributed by atoms with Gasteiger partial charge in [-0.3, -0.25) is 0 Å². The summed E-state index contributed by atoms with van der Waals surface area (Å²) in [5, 5.41) is 7.63. The highest BCUT2D eigenvalue weighted by molar-refractivity contribution is 7.80. The van der Waals surface area contributed by atoms with Crippen LogP contribution in [-0.2, 0) is 4.74 Å². The Bertz CT molecular complexity index is 738. The molecule has 122 valence electrons. The molecule has 2 rings (SSSR count). The smallest absolute Gasteiger partial charge is 0.348 e. The summed E-state index contributed by atoms with van der Waals surface area (Å²) in [7, 11) is 0. The number of carbonyl (C=O) groups is 1. The lowest BCUT2D eigenvalue weighted by Crippen LogP contribution is -2.19. The number of hydrogen-bond donors (Lipinski definition) is 2. The van der Waals surface area contributed by atoms with Crippen LogP contribution in [-0.4, -0.2) is 17.7 Å². The SMILES string of the molecule is CCOC(=O)c1sc(NC(=S)Nc2cc(C)ccc2C)cc1C. The number of rotatable bonds is 4. The maximum atomic E-state index is 11.8. The molecule has 0 aliphatic heterocycles. The number of ether oxygens (including phenoxy) is 1. The normalized spacial score (nSPS) is 10.3. The molecule has 1 aromatic heterocycles. The summed E-state index contributed by atoms with van der Waals surface area (Å²) in [4.78, 5) is 12.5. The van der Waals surface area contributed by atoms with Crippen molar-refractivity contribution in [3.05, 3.63) is 45.8 Å². The van der Waals surface area contributed by atoms with Gasteiger partial charge in [0, 0.05) is 5.69 Å². The Labute approximate surface area is 145 Å². The Morgan fingerprint density at radius 2 is 1.91 bits per heavy atom. The zero-order valence-corrected chi connectivity index (χ0v) is 15.3. The first-order valence-corrected chi connectivity index (χ1v) is 8.56. The fraction of sp³-hybridized carbons (Fsp3) is 0.294. The van der Waals surface area contributed by atoms with Gasteiger partial charge in [0.2, 0.25) is 0 Å². The van der Waals surface area contributed by atoms with Crippen LogP contribution in [0.25, 0.3) is 0 Å². The Balaban J connectivity index is 2.07. The van der Waals surface area contributed by atoms with Crippen LogP contribution in [0.4, 0.5) is 10.7 Å². The van der Waals surface area contributed by atoms with Gasteiger partial charge in [-0.15, -0.1) is 11.3 Å². The van der Waals surface area contributed by atoms with Crippen LogP contribution >= 0.6 is 23.6 Å². The molecular weight excluding hydrogens is 328 g/mol. The molecule has 6 heteroatoms. The second-order valence-corrected chi connectivity index (χ2v) is 6.70. The van der Waals surface area contributed by atoms with E-state index in [2.05, 4.69) is 22.8 Å². The van der Waals surface area contributed by atoms with Crippen LogP contribution in [0.2, 0.25) is 0 Å². The molecule has 2 aromatic rings. The van der Waals surface area contributed by atoms with Gasteiger partial charge in [-0.25, -0.2) is 4.79 Å². The number of thiocarbonyl (C=S) groups is 1. The van der Waals surface area contributed by atoms with Gasteiger partial charge in [0.15, 0.2) is 5.11 Å². The Hall–Kier alpha value is -1.92. The van der Waals surface area contributed by atoms with Gasteiger partial charge in [0.25, 0.3) is 0 Å². The van der Waals surface area contributed by atoms with Crippen molar-refractivity contribution < 1.29 is 9.53 Å². The fourth-order valence-corrected chi connectivity index (χ4v) is 3.33. The maximum absolute atomic E-state index is 11.8. The van der Waals surface area contributed by atoms with Crippen molar-refractivity contribution in [2.24, 2.45) is 0 Å². The van der Waals surface area contributed by atoms with E-state index in [4.69, 9.17) is 17.0 Å². The van der Waals surface area contributed by atoms with E-state index in [1.165, 1.54) is 11.3 Å². The standard InChI is InChI=1S/C17H20N2O2S2/c1-5-21-16(20)15-12(4)9-14(23-15)19-17(22)18-13-8-10(2)6-7-11(13)3/h6-9H,5H2,1-4H3,(H2,18,19,22). The van der Waals surface area contributed by atoms with Gasteiger partial charge >= 0.3 is 5.97 Å². The predicted molar refractivity (Wildman–Crippen MR) is 101 cm³/mol. The lowest BCUT2D eigenvalue weighted by Gasteiger charge is -2.12. The molecule has 1 heterocycles. The van der Waals surface area contributed by atoms with Crippen LogP contribution in [0.3, 0.4) is 0 Å².